The molecule has 0 heterocycles. The summed E-state index contributed by atoms with van der Waals surface area (Å²) in [5.41, 5.74) is -0.104. The van der Waals surface area contributed by atoms with Gasteiger partial charge in [0.2, 0.25) is 11.8 Å². The number of rotatable bonds is 8. The Hall–Kier alpha value is -3.30. The lowest BCUT2D eigenvalue weighted by Gasteiger charge is -2.23. The molecule has 0 aliphatic carbocycles. The highest BCUT2D eigenvalue weighted by atomic mass is 16.6. The molecule has 10 nitrogen and oxygen atoms in total. The van der Waals surface area contributed by atoms with Crippen LogP contribution in [0.2, 0.25) is 0 Å². The summed E-state index contributed by atoms with van der Waals surface area (Å²) in [5.74, 6) is -2.35. The normalized spacial score (nSPS) is 11.9. The van der Waals surface area contributed by atoms with E-state index in [0.717, 1.165) is 4.90 Å². The predicted molar refractivity (Wildman–Crippen MR) is 103 cm³/mol. The minimum Gasteiger partial charge on any atom is -0.508 e. The third kappa shape index (κ3) is 9.45. The highest BCUT2D eigenvalue weighted by molar-refractivity contribution is 5.90. The van der Waals surface area contributed by atoms with E-state index in [9.17, 15) is 24.3 Å². The number of carbonyl (C=O) groups excluding carboxylic acids is 3. The lowest BCUT2D eigenvalue weighted by atomic mass is 10.1. The summed E-state index contributed by atoms with van der Waals surface area (Å²) in [4.78, 5) is 48.2. The number of hydrogen-bond donors (Lipinski definition) is 4. The van der Waals surface area contributed by atoms with Crippen LogP contribution in [0.15, 0.2) is 24.3 Å². The highest BCUT2D eigenvalue weighted by Gasteiger charge is 2.25. The number of hydrogen-bond acceptors (Lipinski definition) is 6. The van der Waals surface area contributed by atoms with Crippen LogP contribution in [0.25, 0.3) is 0 Å². The van der Waals surface area contributed by atoms with Crippen LogP contribution in [0.5, 0.6) is 5.75 Å². The molecule has 3 amide bonds. The quantitative estimate of drug-likeness (QED) is 0.489. The Kier molecular flexibility index (Phi) is 8.43. The number of aliphatic carboxylic acids is 1. The van der Waals surface area contributed by atoms with Gasteiger partial charge >= 0.3 is 12.1 Å². The van der Waals surface area contributed by atoms with Crippen LogP contribution in [-0.4, -0.2) is 70.8 Å². The van der Waals surface area contributed by atoms with Gasteiger partial charge in [-0.3, -0.25) is 14.4 Å². The van der Waals surface area contributed by atoms with E-state index in [2.05, 4.69) is 10.6 Å². The smallest absolute Gasteiger partial charge is 0.408 e. The second-order valence-corrected chi connectivity index (χ2v) is 7.43. The van der Waals surface area contributed by atoms with E-state index in [-0.39, 0.29) is 12.2 Å². The maximum Gasteiger partial charge on any atom is 0.408 e. The fourth-order valence-corrected chi connectivity index (χ4v) is 2.24. The minimum absolute atomic E-state index is 0.0573. The molecule has 0 spiro atoms. The number of nitrogens with zero attached hydrogens (tertiary/aromatic N) is 1. The van der Waals surface area contributed by atoms with Crippen molar-refractivity contribution in [2.75, 3.05) is 20.1 Å². The second kappa shape index (κ2) is 10.3. The molecule has 0 aliphatic heterocycles. The Balaban J connectivity index is 2.81. The minimum atomic E-state index is -1.18. The fraction of sp³-hybridized carbons (Fsp3) is 0.474. The monoisotopic (exact) mass is 409 g/mol. The molecule has 1 aromatic rings. The van der Waals surface area contributed by atoms with E-state index in [4.69, 9.17) is 9.84 Å². The van der Waals surface area contributed by atoms with Gasteiger partial charge < -0.3 is 30.5 Å². The molecule has 29 heavy (non-hydrogen) atoms. The average molecular weight is 409 g/mol. The van der Waals surface area contributed by atoms with Crippen LogP contribution in [0.3, 0.4) is 0 Å². The Morgan fingerprint density at radius 3 is 2.24 bits per heavy atom. The first-order valence-corrected chi connectivity index (χ1v) is 8.88. The van der Waals surface area contributed by atoms with Gasteiger partial charge in [0, 0.05) is 13.5 Å². The summed E-state index contributed by atoms with van der Waals surface area (Å²) in [6.45, 7) is 4.11. The first kappa shape index (κ1) is 23.7. The largest absolute Gasteiger partial charge is 0.508 e. The molecule has 0 bridgehead atoms. The third-order valence-electron chi connectivity index (χ3n) is 3.60. The molecule has 0 saturated carbocycles. The summed E-state index contributed by atoms with van der Waals surface area (Å²) in [5, 5.41) is 23.0. The SMILES string of the molecule is CN(CC(=O)O)C(=O)CNC(=O)[C@H](Cc1ccc(O)cc1)NC(=O)OC(C)(C)C. The van der Waals surface area contributed by atoms with Gasteiger partial charge in [-0.1, -0.05) is 12.1 Å². The van der Waals surface area contributed by atoms with Crippen molar-refractivity contribution in [1.82, 2.24) is 15.5 Å². The van der Waals surface area contributed by atoms with Crippen LogP contribution in [0.1, 0.15) is 26.3 Å². The van der Waals surface area contributed by atoms with Crippen molar-refractivity contribution in [1.29, 1.82) is 0 Å². The zero-order valence-corrected chi connectivity index (χ0v) is 16.9. The summed E-state index contributed by atoms with van der Waals surface area (Å²) in [6.07, 6.45) is -0.712. The van der Waals surface area contributed by atoms with Gasteiger partial charge in [-0.25, -0.2) is 4.79 Å². The van der Waals surface area contributed by atoms with E-state index in [1.165, 1.54) is 19.2 Å². The lowest BCUT2D eigenvalue weighted by Crippen LogP contribution is -2.51. The standard InChI is InChI=1S/C19H27N3O7/c1-19(2,3)29-18(28)21-14(9-12-5-7-13(23)8-6-12)17(27)20-10-15(24)22(4)11-16(25)26/h5-8,14,23H,9-11H2,1-4H3,(H,20,27)(H,21,28)(H,25,26)/t14-/m0/s1. The number of carboxylic acid groups (broad SMARTS) is 1. The Morgan fingerprint density at radius 1 is 1.14 bits per heavy atom. The first-order valence-electron chi connectivity index (χ1n) is 8.88. The van der Waals surface area contributed by atoms with Crippen molar-refractivity contribution in [3.63, 3.8) is 0 Å². The van der Waals surface area contributed by atoms with Crippen molar-refractivity contribution in [2.24, 2.45) is 0 Å². The Labute approximate surface area is 168 Å². The summed E-state index contributed by atoms with van der Waals surface area (Å²) < 4.78 is 5.17. The number of benzene rings is 1. The number of aromatic hydroxyl groups is 1. The van der Waals surface area contributed by atoms with E-state index in [1.54, 1.807) is 32.9 Å². The number of alkyl carbamates (subject to hydrolysis) is 1. The van der Waals surface area contributed by atoms with Crippen molar-refractivity contribution >= 4 is 23.9 Å². The molecule has 0 aromatic heterocycles. The van der Waals surface area contributed by atoms with E-state index < -0.39 is 48.6 Å². The van der Waals surface area contributed by atoms with Crippen molar-refractivity contribution in [3.8, 4) is 5.75 Å². The molecule has 10 heteroatoms. The molecule has 1 rings (SSSR count). The van der Waals surface area contributed by atoms with Gasteiger partial charge in [0.15, 0.2) is 0 Å². The summed E-state index contributed by atoms with van der Waals surface area (Å²) in [6, 6.07) is 5.03. The summed E-state index contributed by atoms with van der Waals surface area (Å²) >= 11 is 0. The van der Waals surface area contributed by atoms with Crippen LogP contribution < -0.4 is 10.6 Å². The average Bonchev–Trinajstić information content (AvgIpc) is 2.58. The molecule has 1 aromatic carbocycles. The van der Waals surface area contributed by atoms with E-state index in [1.807, 2.05) is 0 Å². The topological polar surface area (TPSA) is 145 Å². The van der Waals surface area contributed by atoms with Crippen LogP contribution in [0, 0.1) is 0 Å². The van der Waals surface area contributed by atoms with Gasteiger partial charge in [-0.15, -0.1) is 0 Å². The molecule has 0 saturated heterocycles. The van der Waals surface area contributed by atoms with Crippen molar-refractivity contribution < 1.29 is 34.1 Å². The second-order valence-electron chi connectivity index (χ2n) is 7.43. The van der Waals surface area contributed by atoms with E-state index >= 15 is 0 Å². The molecule has 0 fully saturated rings. The molecule has 4 N–H and O–H groups in total. The van der Waals surface area contributed by atoms with Crippen LogP contribution in [0.4, 0.5) is 4.79 Å². The van der Waals surface area contributed by atoms with Gasteiger partial charge in [-0.05, 0) is 38.5 Å². The number of carbonyl (C=O) groups is 4. The number of phenols is 1. The van der Waals surface area contributed by atoms with Crippen molar-refractivity contribution in [2.45, 2.75) is 38.8 Å². The maximum absolute atomic E-state index is 12.5. The molecular formula is C19H27N3O7. The lowest BCUT2D eigenvalue weighted by molar-refractivity contribution is -0.143. The zero-order chi connectivity index (χ0) is 22.2. The van der Waals surface area contributed by atoms with Gasteiger partial charge in [0.05, 0.1) is 6.54 Å². The van der Waals surface area contributed by atoms with Crippen LogP contribution in [-0.2, 0) is 25.5 Å². The van der Waals surface area contributed by atoms with Crippen molar-refractivity contribution in [3.05, 3.63) is 29.8 Å². The number of phenolic OH excluding ortho intramolecular Hbond substituents is 1. The van der Waals surface area contributed by atoms with Gasteiger partial charge in [0.25, 0.3) is 0 Å². The summed E-state index contributed by atoms with van der Waals surface area (Å²) in [7, 11) is 1.30. The molecule has 160 valence electrons. The van der Waals surface area contributed by atoms with Gasteiger partial charge in [0.1, 0.15) is 23.9 Å². The fourth-order valence-electron chi connectivity index (χ4n) is 2.24. The molecule has 0 unspecified atom stereocenters. The Bertz CT molecular complexity index is 741. The number of carboxylic acids is 1. The molecular weight excluding hydrogens is 382 g/mol. The molecule has 0 aliphatic rings. The number of likely N-dealkylation sites (N-methyl/N-ethyl adjacent to an activating group) is 1. The first-order chi connectivity index (χ1) is 13.4. The number of ether oxygens (including phenoxy) is 1. The third-order valence-corrected chi connectivity index (χ3v) is 3.60. The molecule has 1 atom stereocenters. The van der Waals surface area contributed by atoms with Crippen LogP contribution >= 0.6 is 0 Å². The molecule has 0 radical (unpaired) electrons. The number of nitrogens with one attached hydrogen (secondary N) is 2. The zero-order valence-electron chi connectivity index (χ0n) is 16.9. The Morgan fingerprint density at radius 2 is 1.72 bits per heavy atom. The highest BCUT2D eigenvalue weighted by Crippen LogP contribution is 2.12. The predicted octanol–water partition coefficient (Wildman–Crippen LogP) is 0.487. The van der Waals surface area contributed by atoms with E-state index in [0.29, 0.717) is 5.56 Å². The number of amides is 3. The maximum atomic E-state index is 12.5. The van der Waals surface area contributed by atoms with Gasteiger partial charge in [-0.2, -0.15) is 0 Å².